The van der Waals surface area contributed by atoms with Gasteiger partial charge in [-0.25, -0.2) is 0 Å². The molecule has 1 aliphatic heterocycles. The third-order valence-corrected chi connectivity index (χ3v) is 3.48. The molecule has 2 rings (SSSR count). The Morgan fingerprint density at radius 3 is 2.67 bits per heavy atom. The number of halogens is 1. The summed E-state index contributed by atoms with van der Waals surface area (Å²) in [5, 5.41) is 0. The van der Waals surface area contributed by atoms with E-state index in [0.717, 1.165) is 3.57 Å². The maximum Gasteiger partial charge on any atom is 0.261 e. The van der Waals surface area contributed by atoms with Gasteiger partial charge in [-0.15, -0.1) is 0 Å². The SMILES string of the molecule is CCOCCCN1C(=O)c2ccc(I)cc2C1=O. The molecule has 0 saturated heterocycles. The average molecular weight is 359 g/mol. The van der Waals surface area contributed by atoms with Gasteiger partial charge in [-0.05, 0) is 54.1 Å². The summed E-state index contributed by atoms with van der Waals surface area (Å²) in [5.74, 6) is -0.382. The van der Waals surface area contributed by atoms with Gasteiger partial charge in [-0.3, -0.25) is 14.5 Å². The molecule has 0 radical (unpaired) electrons. The van der Waals surface area contributed by atoms with Gasteiger partial charge in [0.25, 0.3) is 11.8 Å². The Balaban J connectivity index is 2.08. The quantitative estimate of drug-likeness (QED) is 0.461. The molecule has 5 heteroatoms. The van der Waals surface area contributed by atoms with E-state index in [2.05, 4.69) is 22.6 Å². The van der Waals surface area contributed by atoms with Crippen LogP contribution >= 0.6 is 22.6 Å². The highest BCUT2D eigenvalue weighted by atomic mass is 127. The first kappa shape index (κ1) is 13.5. The molecule has 1 aromatic carbocycles. The normalized spacial score (nSPS) is 14.2. The first-order valence-electron chi connectivity index (χ1n) is 5.88. The number of imide groups is 1. The number of carbonyl (C=O) groups excluding carboxylic acids is 2. The minimum absolute atomic E-state index is 0.190. The van der Waals surface area contributed by atoms with Crippen molar-refractivity contribution in [2.75, 3.05) is 19.8 Å². The summed E-state index contributed by atoms with van der Waals surface area (Å²) in [6.07, 6.45) is 0.677. The molecular weight excluding hydrogens is 345 g/mol. The summed E-state index contributed by atoms with van der Waals surface area (Å²) in [5.41, 5.74) is 1.03. The van der Waals surface area contributed by atoms with Gasteiger partial charge in [0.2, 0.25) is 0 Å². The Morgan fingerprint density at radius 1 is 1.22 bits per heavy atom. The van der Waals surface area contributed by atoms with Crippen molar-refractivity contribution in [3.63, 3.8) is 0 Å². The molecule has 0 N–H and O–H groups in total. The monoisotopic (exact) mass is 359 g/mol. The van der Waals surface area contributed by atoms with Crippen LogP contribution in [-0.4, -0.2) is 36.5 Å². The molecule has 2 amide bonds. The summed E-state index contributed by atoms with van der Waals surface area (Å²) in [6.45, 7) is 3.56. The number of carbonyl (C=O) groups is 2. The van der Waals surface area contributed by atoms with Gasteiger partial charge in [-0.1, -0.05) is 0 Å². The van der Waals surface area contributed by atoms with Gasteiger partial charge in [0.05, 0.1) is 11.1 Å². The van der Waals surface area contributed by atoms with Crippen LogP contribution in [0.4, 0.5) is 0 Å². The molecule has 18 heavy (non-hydrogen) atoms. The molecule has 1 aliphatic rings. The minimum atomic E-state index is -0.192. The Labute approximate surface area is 119 Å². The van der Waals surface area contributed by atoms with E-state index < -0.39 is 0 Å². The predicted molar refractivity (Wildman–Crippen MR) is 75.6 cm³/mol. The number of benzene rings is 1. The van der Waals surface area contributed by atoms with Crippen LogP contribution in [0.3, 0.4) is 0 Å². The molecule has 0 aliphatic carbocycles. The van der Waals surface area contributed by atoms with E-state index in [1.165, 1.54) is 4.90 Å². The molecule has 0 spiro atoms. The van der Waals surface area contributed by atoms with E-state index in [1.807, 2.05) is 13.0 Å². The minimum Gasteiger partial charge on any atom is -0.382 e. The van der Waals surface area contributed by atoms with Crippen molar-refractivity contribution in [2.45, 2.75) is 13.3 Å². The molecule has 0 atom stereocenters. The number of amides is 2. The fraction of sp³-hybridized carbons (Fsp3) is 0.385. The van der Waals surface area contributed by atoms with Crippen molar-refractivity contribution >= 4 is 34.4 Å². The van der Waals surface area contributed by atoms with E-state index in [-0.39, 0.29) is 11.8 Å². The van der Waals surface area contributed by atoms with Crippen LogP contribution in [0.2, 0.25) is 0 Å². The highest BCUT2D eigenvalue weighted by Gasteiger charge is 2.34. The largest absolute Gasteiger partial charge is 0.382 e. The van der Waals surface area contributed by atoms with Crippen molar-refractivity contribution < 1.29 is 14.3 Å². The lowest BCUT2D eigenvalue weighted by atomic mass is 10.1. The second-order valence-electron chi connectivity index (χ2n) is 4.00. The second-order valence-corrected chi connectivity index (χ2v) is 5.25. The third kappa shape index (κ3) is 2.56. The molecule has 1 heterocycles. The zero-order chi connectivity index (χ0) is 13.1. The Kier molecular flexibility index (Phi) is 4.34. The summed E-state index contributed by atoms with van der Waals surface area (Å²) < 4.78 is 6.17. The Bertz CT molecular complexity index is 487. The van der Waals surface area contributed by atoms with Crippen LogP contribution in [0.1, 0.15) is 34.1 Å². The van der Waals surface area contributed by atoms with Crippen LogP contribution in [0, 0.1) is 3.57 Å². The van der Waals surface area contributed by atoms with Crippen LogP contribution in [0.25, 0.3) is 0 Å². The van der Waals surface area contributed by atoms with Crippen LogP contribution in [0.5, 0.6) is 0 Å². The number of nitrogens with zero attached hydrogens (tertiary/aromatic N) is 1. The molecule has 0 saturated carbocycles. The standard InChI is InChI=1S/C13H14INO3/c1-2-18-7-3-6-15-12(16)10-5-4-9(14)8-11(10)13(15)17/h4-5,8H,2-3,6-7H2,1H3. The van der Waals surface area contributed by atoms with E-state index in [4.69, 9.17) is 4.74 Å². The Hall–Kier alpha value is -0.950. The van der Waals surface area contributed by atoms with Crippen LogP contribution in [0.15, 0.2) is 18.2 Å². The van der Waals surface area contributed by atoms with Gasteiger partial charge in [0.1, 0.15) is 0 Å². The van der Waals surface area contributed by atoms with E-state index in [9.17, 15) is 9.59 Å². The highest BCUT2D eigenvalue weighted by molar-refractivity contribution is 14.1. The van der Waals surface area contributed by atoms with Gasteiger partial charge < -0.3 is 4.74 Å². The van der Waals surface area contributed by atoms with Gasteiger partial charge >= 0.3 is 0 Å². The zero-order valence-electron chi connectivity index (χ0n) is 10.1. The molecule has 0 bridgehead atoms. The van der Waals surface area contributed by atoms with E-state index >= 15 is 0 Å². The Morgan fingerprint density at radius 2 is 1.94 bits per heavy atom. The summed E-state index contributed by atoms with van der Waals surface area (Å²) in [6, 6.07) is 5.33. The molecule has 1 aromatic rings. The number of ether oxygens (including phenoxy) is 1. The zero-order valence-corrected chi connectivity index (χ0v) is 12.3. The van der Waals surface area contributed by atoms with E-state index in [0.29, 0.717) is 37.3 Å². The average Bonchev–Trinajstić information content (AvgIpc) is 2.59. The molecule has 4 nitrogen and oxygen atoms in total. The third-order valence-electron chi connectivity index (χ3n) is 2.81. The summed E-state index contributed by atoms with van der Waals surface area (Å²) >= 11 is 2.14. The number of rotatable bonds is 5. The first-order valence-corrected chi connectivity index (χ1v) is 6.96. The molecule has 0 fully saturated rings. The number of hydrogen-bond acceptors (Lipinski definition) is 3. The predicted octanol–water partition coefficient (Wildman–Crippen LogP) is 2.31. The second kappa shape index (κ2) is 5.79. The smallest absolute Gasteiger partial charge is 0.261 e. The van der Waals surface area contributed by atoms with Crippen molar-refractivity contribution in [2.24, 2.45) is 0 Å². The number of fused-ring (bicyclic) bond motifs is 1. The van der Waals surface area contributed by atoms with Crippen molar-refractivity contribution in [1.82, 2.24) is 4.90 Å². The summed E-state index contributed by atoms with van der Waals surface area (Å²) in [4.78, 5) is 25.4. The lowest BCUT2D eigenvalue weighted by molar-refractivity contribution is 0.0630. The first-order chi connectivity index (χ1) is 8.65. The highest BCUT2D eigenvalue weighted by Crippen LogP contribution is 2.24. The van der Waals surface area contributed by atoms with Gasteiger partial charge in [-0.2, -0.15) is 0 Å². The van der Waals surface area contributed by atoms with Crippen molar-refractivity contribution in [3.8, 4) is 0 Å². The molecule has 0 aromatic heterocycles. The summed E-state index contributed by atoms with van der Waals surface area (Å²) in [7, 11) is 0. The lowest BCUT2D eigenvalue weighted by Gasteiger charge is -2.13. The fourth-order valence-electron chi connectivity index (χ4n) is 1.94. The van der Waals surface area contributed by atoms with Crippen LogP contribution in [-0.2, 0) is 4.74 Å². The molecular formula is C13H14INO3. The maximum atomic E-state index is 12.1. The van der Waals surface area contributed by atoms with Gasteiger partial charge in [0, 0.05) is 23.3 Å². The van der Waals surface area contributed by atoms with E-state index in [1.54, 1.807) is 12.1 Å². The molecule has 96 valence electrons. The number of hydrogen-bond donors (Lipinski definition) is 0. The van der Waals surface area contributed by atoms with Crippen LogP contribution < -0.4 is 0 Å². The van der Waals surface area contributed by atoms with Crippen molar-refractivity contribution in [1.29, 1.82) is 0 Å². The topological polar surface area (TPSA) is 46.6 Å². The fourth-order valence-corrected chi connectivity index (χ4v) is 2.43. The maximum absolute atomic E-state index is 12.1. The lowest BCUT2D eigenvalue weighted by Crippen LogP contribution is -2.31. The van der Waals surface area contributed by atoms with Crippen molar-refractivity contribution in [3.05, 3.63) is 32.9 Å². The molecule has 0 unspecified atom stereocenters. The van der Waals surface area contributed by atoms with Gasteiger partial charge in [0.15, 0.2) is 0 Å².